The van der Waals surface area contributed by atoms with Gasteiger partial charge in [0.15, 0.2) is 0 Å². The number of pyridine rings is 1. The van der Waals surface area contributed by atoms with Crippen molar-refractivity contribution in [3.63, 3.8) is 0 Å². The average molecular weight is 569 g/mol. The molecule has 0 aliphatic heterocycles. The van der Waals surface area contributed by atoms with E-state index >= 15 is 0 Å². The summed E-state index contributed by atoms with van der Waals surface area (Å²) in [5, 5.41) is 5.03. The molecule has 2 heterocycles. The summed E-state index contributed by atoms with van der Waals surface area (Å²) in [5.74, 6) is -0.334. The van der Waals surface area contributed by atoms with Crippen molar-refractivity contribution >= 4 is 33.5 Å². The Labute approximate surface area is 137 Å². The summed E-state index contributed by atoms with van der Waals surface area (Å²) < 4.78 is 16.0. The fourth-order valence-corrected chi connectivity index (χ4v) is 2.13. The largest absolute Gasteiger partial charge is 2.00 e. The molecule has 0 radical (unpaired) electrons. The number of hydrogen-bond acceptors (Lipinski definition) is 2. The van der Waals surface area contributed by atoms with Gasteiger partial charge in [-0.1, -0.05) is 12.8 Å². The Morgan fingerprint density at radius 2 is 2.24 bits per heavy atom. The van der Waals surface area contributed by atoms with Crippen molar-refractivity contribution in [1.29, 1.82) is 0 Å². The van der Waals surface area contributed by atoms with Crippen LogP contribution in [-0.2, 0) is 0 Å². The smallest absolute Gasteiger partial charge is 0.394 e. The minimum absolute atomic E-state index is 0. The van der Waals surface area contributed by atoms with Gasteiger partial charge >= 0.3 is 31.1 Å². The van der Waals surface area contributed by atoms with E-state index in [4.69, 9.17) is 0 Å². The van der Waals surface area contributed by atoms with Gasteiger partial charge in [-0.3, -0.25) is 4.98 Å². The topological polar surface area (TPSA) is 30.7 Å². The van der Waals surface area contributed by atoms with Crippen LogP contribution in [0.3, 0.4) is 0 Å². The number of rotatable bonds is 4. The van der Waals surface area contributed by atoms with Crippen LogP contribution in [0.25, 0.3) is 10.9 Å². The summed E-state index contributed by atoms with van der Waals surface area (Å²) in [5.41, 5.74) is 0.503. The number of halogens is 2. The minimum Gasteiger partial charge on any atom is -0.394 e. The molecule has 2 aromatic heterocycles. The molecule has 0 fully saturated rings. The predicted molar refractivity (Wildman–Crippen MR) is 69.1 cm³/mol. The molecule has 2 rings (SSSR count). The number of nitrogens with zero attached hydrogens (tertiary/aromatic N) is 3. The third-order valence-corrected chi connectivity index (χ3v) is 3.07. The number of hydrogen-bond donors (Lipinski definition) is 0. The first-order valence-electron chi connectivity index (χ1n) is 5.04. The molecule has 88 valence electrons. The van der Waals surface area contributed by atoms with Gasteiger partial charge < -0.3 is 11.6 Å². The molecule has 0 spiro atoms. The van der Waals surface area contributed by atoms with Gasteiger partial charge in [0.25, 0.3) is 0 Å². The molecule has 0 atom stereocenters. The van der Waals surface area contributed by atoms with Gasteiger partial charge in [-0.2, -0.15) is 11.5 Å². The Kier molecular flexibility index (Phi) is 6.24. The molecule has 0 saturated heterocycles. The molecule has 3 nitrogen and oxygen atoms in total. The second-order valence-corrected chi connectivity index (χ2v) is 4.45. The summed E-state index contributed by atoms with van der Waals surface area (Å²) in [6.07, 6.45) is 5.55. The van der Waals surface area contributed by atoms with Crippen molar-refractivity contribution in [2.45, 2.75) is 19.3 Å². The number of fused-ring (bicyclic) bond motifs is 1. The molecule has 2 aromatic rings. The maximum atomic E-state index is 13.6. The van der Waals surface area contributed by atoms with E-state index in [-0.39, 0.29) is 36.9 Å². The van der Waals surface area contributed by atoms with E-state index in [1.807, 2.05) is 6.54 Å². The number of aromatic nitrogens is 3. The summed E-state index contributed by atoms with van der Waals surface area (Å²) in [7, 11) is 0. The normalized spacial score (nSPS) is 10.3. The van der Waals surface area contributed by atoms with E-state index in [9.17, 15) is 4.39 Å². The van der Waals surface area contributed by atoms with Crippen molar-refractivity contribution in [3.8, 4) is 0 Å². The van der Waals surface area contributed by atoms with Crippen molar-refractivity contribution < 1.29 is 35.5 Å². The molecule has 0 aromatic carbocycles. The third-order valence-electron chi connectivity index (χ3n) is 2.28. The quantitative estimate of drug-likeness (QED) is 0.322. The Hall–Kier alpha value is 0.202. The maximum Gasteiger partial charge on any atom is 2.00 e. The molecular weight excluding hydrogens is 558 g/mol. The molecule has 0 aliphatic carbocycles. The van der Waals surface area contributed by atoms with Crippen LogP contribution < -0.4 is 0 Å². The van der Waals surface area contributed by atoms with Gasteiger partial charge in [0, 0.05) is 12.4 Å². The van der Waals surface area contributed by atoms with Gasteiger partial charge in [0.05, 0.1) is 5.82 Å². The SMILES string of the molecule is [CH2-]CCC[CH-]n1nc(I)c2cncc(F)c21.[U+2]. The van der Waals surface area contributed by atoms with Gasteiger partial charge in [-0.25, -0.2) is 4.39 Å². The first kappa shape index (κ1) is 15.3. The van der Waals surface area contributed by atoms with Crippen molar-refractivity contribution in [2.24, 2.45) is 0 Å². The zero-order valence-electron chi connectivity index (χ0n) is 9.16. The molecule has 0 unspecified atom stereocenters. The fourth-order valence-electron chi connectivity index (χ4n) is 1.50. The van der Waals surface area contributed by atoms with Crippen molar-refractivity contribution in [3.05, 3.63) is 35.4 Å². The van der Waals surface area contributed by atoms with Crippen molar-refractivity contribution in [1.82, 2.24) is 14.8 Å². The fraction of sp³-hybridized carbons (Fsp3) is 0.273. The Morgan fingerprint density at radius 1 is 1.47 bits per heavy atom. The van der Waals surface area contributed by atoms with E-state index in [0.717, 1.165) is 28.3 Å². The van der Waals surface area contributed by atoms with Crippen LogP contribution in [0.5, 0.6) is 0 Å². The molecule has 0 amide bonds. The molecular formula is C11H11FIN3U. The molecule has 0 saturated carbocycles. The molecule has 6 heteroatoms. The predicted octanol–water partition coefficient (Wildman–Crippen LogP) is 3.19. The van der Waals surface area contributed by atoms with Gasteiger partial charge in [-0.05, 0) is 33.5 Å². The summed E-state index contributed by atoms with van der Waals surface area (Å²) >= 11 is 2.09. The van der Waals surface area contributed by atoms with Crippen LogP contribution in [-0.4, -0.2) is 14.8 Å². The number of unbranched alkanes of at least 4 members (excludes halogenated alkanes) is 2. The zero-order valence-corrected chi connectivity index (χ0v) is 15.5. The van der Waals surface area contributed by atoms with E-state index in [0.29, 0.717) is 5.52 Å². The second-order valence-electron chi connectivity index (χ2n) is 3.43. The van der Waals surface area contributed by atoms with E-state index in [1.54, 1.807) is 10.9 Å². The van der Waals surface area contributed by atoms with Crippen molar-refractivity contribution in [2.75, 3.05) is 0 Å². The standard InChI is InChI=1S/C11H11FIN3.U/c1-2-3-4-5-16-10-8(11(13)15-16)6-14-7-9(10)12;/h5-7H,1-4H2;/q-2;+2. The van der Waals surface area contributed by atoms with Gasteiger partial charge in [0.2, 0.25) is 0 Å². The van der Waals surface area contributed by atoms with Crippen LogP contribution in [0.4, 0.5) is 4.39 Å². The minimum atomic E-state index is -0.334. The van der Waals surface area contributed by atoms with Crippen LogP contribution in [0.1, 0.15) is 19.3 Å². The van der Waals surface area contributed by atoms with E-state index < -0.39 is 0 Å². The zero-order chi connectivity index (χ0) is 11.5. The van der Waals surface area contributed by atoms with Crippen LogP contribution in [0, 0.1) is 54.1 Å². The Balaban J connectivity index is 0.00000144. The summed E-state index contributed by atoms with van der Waals surface area (Å²) in [6.45, 7) is 5.65. The molecule has 0 bridgehead atoms. The average Bonchev–Trinajstić information content (AvgIpc) is 2.58. The first-order valence-corrected chi connectivity index (χ1v) is 6.11. The first-order chi connectivity index (χ1) is 7.74. The van der Waals surface area contributed by atoms with Gasteiger partial charge in [0.1, 0.15) is 3.70 Å². The van der Waals surface area contributed by atoms with E-state index in [2.05, 4.69) is 39.6 Å². The second kappa shape index (κ2) is 6.96. The maximum absolute atomic E-state index is 13.6. The van der Waals surface area contributed by atoms with Crippen LogP contribution in [0.2, 0.25) is 0 Å². The Bertz CT molecular complexity index is 501. The monoisotopic (exact) mass is 569 g/mol. The van der Waals surface area contributed by atoms with E-state index in [1.165, 1.54) is 6.20 Å². The van der Waals surface area contributed by atoms with Crippen LogP contribution >= 0.6 is 22.6 Å². The molecule has 0 N–H and O–H groups in total. The third kappa shape index (κ3) is 3.36. The summed E-state index contributed by atoms with van der Waals surface area (Å²) in [6, 6.07) is 0. The summed E-state index contributed by atoms with van der Waals surface area (Å²) in [4.78, 5) is 3.83. The van der Waals surface area contributed by atoms with Gasteiger partial charge in [-0.15, -0.1) is 6.54 Å². The molecule has 0 aliphatic rings. The van der Waals surface area contributed by atoms with Crippen LogP contribution in [0.15, 0.2) is 12.4 Å². The Morgan fingerprint density at radius 3 is 2.94 bits per heavy atom. The molecule has 17 heavy (non-hydrogen) atoms.